The highest BCUT2D eigenvalue weighted by molar-refractivity contribution is 5.95. The fourth-order valence-electron chi connectivity index (χ4n) is 1.97. The van der Waals surface area contributed by atoms with Crippen LogP contribution < -0.4 is 5.32 Å². The van der Waals surface area contributed by atoms with E-state index >= 15 is 0 Å². The molecule has 1 N–H and O–H groups in total. The van der Waals surface area contributed by atoms with Gasteiger partial charge in [0, 0.05) is 7.05 Å². The largest absolute Gasteiger partial charge is 0.462 e. The average molecular weight is 286 g/mol. The summed E-state index contributed by atoms with van der Waals surface area (Å²) in [4.78, 5) is 16.2. The SMILES string of the molecule is CCOC(=O)c1cnn(C)c1Nc1nc2ccccc2o1. The predicted molar refractivity (Wildman–Crippen MR) is 76.5 cm³/mol. The molecule has 3 rings (SSSR count). The van der Waals surface area contributed by atoms with Gasteiger partial charge in [0.15, 0.2) is 5.58 Å². The maximum atomic E-state index is 11.9. The Kier molecular flexibility index (Phi) is 3.31. The van der Waals surface area contributed by atoms with Crippen LogP contribution in [-0.4, -0.2) is 27.3 Å². The summed E-state index contributed by atoms with van der Waals surface area (Å²) in [6.45, 7) is 2.05. The number of ether oxygens (including phenoxy) is 1. The molecule has 0 spiro atoms. The van der Waals surface area contributed by atoms with Crippen molar-refractivity contribution in [3.8, 4) is 0 Å². The lowest BCUT2D eigenvalue weighted by molar-refractivity contribution is 0.0527. The van der Waals surface area contributed by atoms with Crippen LogP contribution in [0.25, 0.3) is 11.1 Å². The maximum Gasteiger partial charge on any atom is 0.343 e. The van der Waals surface area contributed by atoms with Crippen LogP contribution in [0, 0.1) is 0 Å². The number of nitrogens with zero attached hydrogens (tertiary/aromatic N) is 3. The summed E-state index contributed by atoms with van der Waals surface area (Å²) in [6, 6.07) is 7.71. The van der Waals surface area contributed by atoms with Gasteiger partial charge in [0.25, 0.3) is 0 Å². The van der Waals surface area contributed by atoms with Crippen molar-refractivity contribution < 1.29 is 13.9 Å². The number of hydrogen-bond acceptors (Lipinski definition) is 6. The van der Waals surface area contributed by atoms with Gasteiger partial charge >= 0.3 is 12.0 Å². The number of anilines is 2. The van der Waals surface area contributed by atoms with Crippen molar-refractivity contribution in [2.24, 2.45) is 7.05 Å². The summed E-state index contributed by atoms with van der Waals surface area (Å²) < 4.78 is 12.1. The second kappa shape index (κ2) is 5.28. The Morgan fingerprint density at radius 3 is 3.00 bits per heavy atom. The lowest BCUT2D eigenvalue weighted by Crippen LogP contribution is -2.08. The zero-order chi connectivity index (χ0) is 14.8. The molecular weight excluding hydrogens is 272 g/mol. The molecule has 1 aromatic carbocycles. The maximum absolute atomic E-state index is 11.9. The zero-order valence-corrected chi connectivity index (χ0v) is 11.7. The van der Waals surface area contributed by atoms with E-state index in [1.165, 1.54) is 10.9 Å². The first kappa shape index (κ1) is 13.2. The molecule has 0 atom stereocenters. The molecule has 0 aliphatic rings. The summed E-state index contributed by atoms with van der Waals surface area (Å²) >= 11 is 0. The summed E-state index contributed by atoms with van der Waals surface area (Å²) in [7, 11) is 1.72. The monoisotopic (exact) mass is 286 g/mol. The molecule has 2 aromatic heterocycles. The van der Waals surface area contributed by atoms with Crippen LogP contribution in [-0.2, 0) is 11.8 Å². The van der Waals surface area contributed by atoms with Crippen molar-refractivity contribution in [3.05, 3.63) is 36.0 Å². The summed E-state index contributed by atoms with van der Waals surface area (Å²) in [5.74, 6) is 0.0317. The van der Waals surface area contributed by atoms with Crippen LogP contribution in [0.5, 0.6) is 0 Å². The third-order valence-electron chi connectivity index (χ3n) is 2.95. The Balaban J connectivity index is 1.94. The fraction of sp³-hybridized carbons (Fsp3) is 0.214. The predicted octanol–water partition coefficient (Wildman–Crippen LogP) is 2.48. The van der Waals surface area contributed by atoms with E-state index in [1.807, 2.05) is 24.3 Å². The number of rotatable bonds is 4. The first-order valence-electron chi connectivity index (χ1n) is 6.50. The van der Waals surface area contributed by atoms with Crippen LogP contribution in [0.3, 0.4) is 0 Å². The van der Waals surface area contributed by atoms with Gasteiger partial charge in [-0.05, 0) is 19.1 Å². The fourth-order valence-corrected chi connectivity index (χ4v) is 1.97. The van der Waals surface area contributed by atoms with E-state index in [9.17, 15) is 4.79 Å². The molecule has 0 radical (unpaired) electrons. The van der Waals surface area contributed by atoms with E-state index in [4.69, 9.17) is 9.15 Å². The Morgan fingerprint density at radius 1 is 1.43 bits per heavy atom. The molecular formula is C14H14N4O3. The van der Waals surface area contributed by atoms with E-state index in [1.54, 1.807) is 14.0 Å². The molecule has 0 unspecified atom stereocenters. The number of oxazole rings is 1. The highest BCUT2D eigenvalue weighted by Crippen LogP contribution is 2.24. The molecule has 0 aliphatic heterocycles. The van der Waals surface area contributed by atoms with E-state index in [0.29, 0.717) is 29.6 Å². The van der Waals surface area contributed by atoms with Crippen LogP contribution in [0.4, 0.5) is 11.8 Å². The molecule has 0 bridgehead atoms. The molecule has 0 aliphatic carbocycles. The zero-order valence-electron chi connectivity index (χ0n) is 11.7. The minimum atomic E-state index is -0.441. The first-order valence-corrected chi connectivity index (χ1v) is 6.50. The van der Waals surface area contributed by atoms with Crippen LogP contribution >= 0.6 is 0 Å². The second-order valence-corrected chi connectivity index (χ2v) is 4.36. The van der Waals surface area contributed by atoms with Gasteiger partial charge < -0.3 is 9.15 Å². The summed E-state index contributed by atoms with van der Waals surface area (Å²) in [5, 5.41) is 7.03. The minimum absolute atomic E-state index is 0.297. The molecule has 21 heavy (non-hydrogen) atoms. The standard InChI is InChI=1S/C14H14N4O3/c1-3-20-13(19)9-8-15-18(2)12(9)17-14-16-10-6-4-5-7-11(10)21-14/h4-8H,3H2,1-2H3,(H,16,17). The number of hydrogen-bond donors (Lipinski definition) is 1. The van der Waals surface area contributed by atoms with Crippen molar-refractivity contribution in [1.82, 2.24) is 14.8 Å². The topological polar surface area (TPSA) is 82.2 Å². The number of benzene rings is 1. The van der Waals surface area contributed by atoms with Crippen molar-refractivity contribution in [2.45, 2.75) is 6.92 Å². The lowest BCUT2D eigenvalue weighted by Gasteiger charge is -2.05. The summed E-state index contributed by atoms with van der Waals surface area (Å²) in [6.07, 6.45) is 1.45. The number of aromatic nitrogens is 3. The highest BCUT2D eigenvalue weighted by atomic mass is 16.5. The van der Waals surface area contributed by atoms with E-state index in [0.717, 1.165) is 5.52 Å². The molecule has 0 amide bonds. The van der Waals surface area contributed by atoms with Gasteiger partial charge in [0.1, 0.15) is 16.9 Å². The Morgan fingerprint density at radius 2 is 2.24 bits per heavy atom. The quantitative estimate of drug-likeness (QED) is 0.742. The molecule has 0 saturated heterocycles. The van der Waals surface area contributed by atoms with E-state index in [-0.39, 0.29) is 0 Å². The van der Waals surface area contributed by atoms with Gasteiger partial charge in [0.05, 0.1) is 12.8 Å². The van der Waals surface area contributed by atoms with Gasteiger partial charge in [-0.2, -0.15) is 10.1 Å². The molecule has 7 heteroatoms. The molecule has 7 nitrogen and oxygen atoms in total. The van der Waals surface area contributed by atoms with Crippen LogP contribution in [0.2, 0.25) is 0 Å². The van der Waals surface area contributed by atoms with Crippen molar-refractivity contribution in [1.29, 1.82) is 0 Å². The Labute approximate surface area is 120 Å². The third kappa shape index (κ3) is 2.45. The van der Waals surface area contributed by atoms with Gasteiger partial charge in [0.2, 0.25) is 0 Å². The minimum Gasteiger partial charge on any atom is -0.462 e. The number of nitrogens with one attached hydrogen (secondary N) is 1. The highest BCUT2D eigenvalue weighted by Gasteiger charge is 2.19. The first-order chi connectivity index (χ1) is 10.2. The third-order valence-corrected chi connectivity index (χ3v) is 2.95. The summed E-state index contributed by atoms with van der Waals surface area (Å²) in [5.41, 5.74) is 1.74. The molecule has 2 heterocycles. The van der Waals surface area contributed by atoms with E-state index in [2.05, 4.69) is 15.4 Å². The molecule has 3 aromatic rings. The number of aryl methyl sites for hydroxylation is 1. The number of carbonyl (C=O) groups excluding carboxylic acids is 1. The van der Waals surface area contributed by atoms with Gasteiger partial charge in [-0.3, -0.25) is 10.00 Å². The number of esters is 1. The average Bonchev–Trinajstić information content (AvgIpc) is 3.03. The van der Waals surface area contributed by atoms with Crippen LogP contribution in [0.1, 0.15) is 17.3 Å². The van der Waals surface area contributed by atoms with Crippen molar-refractivity contribution in [3.63, 3.8) is 0 Å². The smallest absolute Gasteiger partial charge is 0.343 e. The second-order valence-electron chi connectivity index (χ2n) is 4.36. The Hall–Kier alpha value is -2.83. The van der Waals surface area contributed by atoms with Gasteiger partial charge in [-0.15, -0.1) is 0 Å². The van der Waals surface area contributed by atoms with Gasteiger partial charge in [-0.1, -0.05) is 12.1 Å². The lowest BCUT2D eigenvalue weighted by atomic mass is 10.3. The number of para-hydroxylation sites is 2. The van der Waals surface area contributed by atoms with Crippen molar-refractivity contribution >= 4 is 28.9 Å². The molecule has 0 saturated carbocycles. The van der Waals surface area contributed by atoms with Crippen molar-refractivity contribution in [2.75, 3.05) is 11.9 Å². The van der Waals surface area contributed by atoms with Gasteiger partial charge in [-0.25, -0.2) is 4.79 Å². The van der Waals surface area contributed by atoms with Crippen LogP contribution in [0.15, 0.2) is 34.9 Å². The normalized spacial score (nSPS) is 10.8. The van der Waals surface area contributed by atoms with E-state index < -0.39 is 5.97 Å². The number of carbonyl (C=O) groups is 1. The Bertz CT molecular complexity index is 757. The molecule has 108 valence electrons. The molecule has 0 fully saturated rings. The number of fused-ring (bicyclic) bond motifs is 1.